The summed E-state index contributed by atoms with van der Waals surface area (Å²) in [6.45, 7) is 5.77. The lowest BCUT2D eigenvalue weighted by Gasteiger charge is -2.16. The molecule has 3 rings (SSSR count). The molecule has 2 heterocycles. The third-order valence-electron chi connectivity index (χ3n) is 4.12. The molecule has 1 saturated heterocycles. The van der Waals surface area contributed by atoms with Gasteiger partial charge in [-0.3, -0.25) is 4.79 Å². The van der Waals surface area contributed by atoms with Crippen LogP contribution in [0.4, 0.5) is 11.6 Å². The van der Waals surface area contributed by atoms with E-state index in [0.29, 0.717) is 29.5 Å². The van der Waals surface area contributed by atoms with Gasteiger partial charge in [0.1, 0.15) is 5.69 Å². The fraction of sp³-hybridized carbons (Fsp3) is 0.368. The number of esters is 1. The molecule has 1 aromatic heterocycles. The van der Waals surface area contributed by atoms with E-state index < -0.39 is 0 Å². The van der Waals surface area contributed by atoms with Crippen molar-refractivity contribution < 1.29 is 14.3 Å². The zero-order chi connectivity index (χ0) is 18.5. The van der Waals surface area contributed by atoms with Crippen LogP contribution in [0, 0.1) is 6.92 Å². The number of carbonyl (C=O) groups excluding carboxylic acids is 2. The van der Waals surface area contributed by atoms with Gasteiger partial charge in [0.25, 0.3) is 5.91 Å². The molecule has 0 spiro atoms. The smallest absolute Gasteiger partial charge is 0.338 e. The Morgan fingerprint density at radius 1 is 1.15 bits per heavy atom. The Morgan fingerprint density at radius 3 is 2.50 bits per heavy atom. The average Bonchev–Trinajstić information content (AvgIpc) is 3.17. The molecule has 1 N–H and O–H groups in total. The Balaban J connectivity index is 1.72. The summed E-state index contributed by atoms with van der Waals surface area (Å²) in [6.07, 6.45) is 2.23. The molecule has 0 saturated carbocycles. The molecule has 0 atom stereocenters. The molecule has 1 aromatic carbocycles. The molecule has 0 unspecified atom stereocenters. The van der Waals surface area contributed by atoms with E-state index in [4.69, 9.17) is 4.74 Å². The van der Waals surface area contributed by atoms with Gasteiger partial charge in [0.05, 0.1) is 12.2 Å². The second-order valence-corrected chi connectivity index (χ2v) is 6.14. The first-order valence-corrected chi connectivity index (χ1v) is 8.76. The highest BCUT2D eigenvalue weighted by molar-refractivity contribution is 6.03. The van der Waals surface area contributed by atoms with Crippen LogP contribution in [-0.4, -0.2) is 41.5 Å². The predicted octanol–water partition coefficient (Wildman–Crippen LogP) is 2.81. The van der Waals surface area contributed by atoms with E-state index in [1.807, 2.05) is 6.92 Å². The fourth-order valence-electron chi connectivity index (χ4n) is 2.83. The van der Waals surface area contributed by atoms with E-state index in [1.165, 1.54) is 0 Å². The average molecular weight is 354 g/mol. The lowest BCUT2D eigenvalue weighted by molar-refractivity contribution is 0.0526. The SMILES string of the molecule is CCOC(=O)c1ccc(NC(=O)c2cc(C)nc(N3CCCC3)n2)cc1. The minimum absolute atomic E-state index is 0.306. The van der Waals surface area contributed by atoms with Crippen LogP contribution in [0.2, 0.25) is 0 Å². The number of aryl methyl sites for hydroxylation is 1. The molecule has 136 valence electrons. The van der Waals surface area contributed by atoms with Crippen LogP contribution in [-0.2, 0) is 4.74 Å². The molecule has 1 aliphatic heterocycles. The maximum absolute atomic E-state index is 12.5. The maximum atomic E-state index is 12.5. The van der Waals surface area contributed by atoms with Gasteiger partial charge in [-0.25, -0.2) is 14.8 Å². The van der Waals surface area contributed by atoms with Crippen molar-refractivity contribution in [2.24, 2.45) is 0 Å². The molecule has 1 fully saturated rings. The summed E-state index contributed by atoms with van der Waals surface area (Å²) in [7, 11) is 0. The van der Waals surface area contributed by atoms with Crippen molar-refractivity contribution in [2.75, 3.05) is 29.9 Å². The largest absolute Gasteiger partial charge is 0.462 e. The number of benzene rings is 1. The van der Waals surface area contributed by atoms with Crippen LogP contribution in [0.15, 0.2) is 30.3 Å². The van der Waals surface area contributed by atoms with Crippen molar-refractivity contribution in [1.82, 2.24) is 9.97 Å². The van der Waals surface area contributed by atoms with Gasteiger partial charge in [0, 0.05) is 24.5 Å². The maximum Gasteiger partial charge on any atom is 0.338 e. The molecule has 2 aromatic rings. The van der Waals surface area contributed by atoms with E-state index >= 15 is 0 Å². The van der Waals surface area contributed by atoms with E-state index in [1.54, 1.807) is 37.3 Å². The molecular formula is C19H22N4O3. The Hall–Kier alpha value is -2.96. The lowest BCUT2D eigenvalue weighted by atomic mass is 10.2. The molecule has 1 amide bonds. The molecule has 1 aliphatic rings. The van der Waals surface area contributed by atoms with E-state index in [0.717, 1.165) is 31.6 Å². The van der Waals surface area contributed by atoms with Gasteiger partial charge in [-0.15, -0.1) is 0 Å². The van der Waals surface area contributed by atoms with E-state index in [-0.39, 0.29) is 11.9 Å². The first kappa shape index (κ1) is 17.8. The number of hydrogen-bond donors (Lipinski definition) is 1. The highest BCUT2D eigenvalue weighted by atomic mass is 16.5. The second kappa shape index (κ2) is 7.95. The normalized spacial score (nSPS) is 13.5. The molecule has 7 nitrogen and oxygen atoms in total. The standard InChI is InChI=1S/C19H22N4O3/c1-3-26-18(25)14-6-8-15(9-7-14)21-17(24)16-12-13(2)20-19(22-16)23-10-4-5-11-23/h6-9,12H,3-5,10-11H2,1-2H3,(H,21,24). The number of nitrogens with zero attached hydrogens (tertiary/aromatic N) is 3. The molecule has 7 heteroatoms. The second-order valence-electron chi connectivity index (χ2n) is 6.14. The minimum atomic E-state index is -0.382. The summed E-state index contributed by atoms with van der Waals surface area (Å²) < 4.78 is 4.95. The highest BCUT2D eigenvalue weighted by Crippen LogP contribution is 2.18. The van der Waals surface area contributed by atoms with Gasteiger partial charge in [-0.05, 0) is 57.0 Å². The Kier molecular flexibility index (Phi) is 5.46. The van der Waals surface area contributed by atoms with Gasteiger partial charge in [0.15, 0.2) is 0 Å². The summed E-state index contributed by atoms with van der Waals surface area (Å²) in [4.78, 5) is 35.2. The topological polar surface area (TPSA) is 84.4 Å². The van der Waals surface area contributed by atoms with Crippen molar-refractivity contribution in [3.05, 3.63) is 47.3 Å². The van der Waals surface area contributed by atoms with Gasteiger partial charge < -0.3 is 15.0 Å². The van der Waals surface area contributed by atoms with Crippen LogP contribution in [0.25, 0.3) is 0 Å². The molecule has 0 radical (unpaired) electrons. The summed E-state index contributed by atoms with van der Waals surface area (Å²) in [5.41, 5.74) is 2.11. The number of amides is 1. The number of anilines is 2. The van der Waals surface area contributed by atoms with Crippen molar-refractivity contribution >= 4 is 23.5 Å². The van der Waals surface area contributed by atoms with Gasteiger partial charge in [0.2, 0.25) is 5.95 Å². The Labute approximate surface area is 152 Å². The number of aromatic nitrogens is 2. The molecule has 0 bridgehead atoms. The Bertz CT molecular complexity index is 799. The third-order valence-corrected chi connectivity index (χ3v) is 4.12. The van der Waals surface area contributed by atoms with Crippen molar-refractivity contribution in [3.63, 3.8) is 0 Å². The van der Waals surface area contributed by atoms with Crippen LogP contribution in [0.3, 0.4) is 0 Å². The number of nitrogens with one attached hydrogen (secondary N) is 1. The van der Waals surface area contributed by atoms with Crippen molar-refractivity contribution in [1.29, 1.82) is 0 Å². The van der Waals surface area contributed by atoms with Gasteiger partial charge >= 0.3 is 5.97 Å². The summed E-state index contributed by atoms with van der Waals surface area (Å²) in [5, 5.41) is 2.80. The number of hydrogen-bond acceptors (Lipinski definition) is 6. The van der Waals surface area contributed by atoms with Gasteiger partial charge in [-0.1, -0.05) is 0 Å². The van der Waals surface area contributed by atoms with E-state index in [9.17, 15) is 9.59 Å². The van der Waals surface area contributed by atoms with Crippen LogP contribution >= 0.6 is 0 Å². The first-order valence-electron chi connectivity index (χ1n) is 8.76. The zero-order valence-corrected chi connectivity index (χ0v) is 15.0. The van der Waals surface area contributed by atoms with Crippen LogP contribution < -0.4 is 10.2 Å². The molecular weight excluding hydrogens is 332 g/mol. The molecule has 26 heavy (non-hydrogen) atoms. The summed E-state index contributed by atoms with van der Waals surface area (Å²) >= 11 is 0. The zero-order valence-electron chi connectivity index (χ0n) is 15.0. The van der Waals surface area contributed by atoms with Crippen LogP contribution in [0.1, 0.15) is 46.3 Å². The van der Waals surface area contributed by atoms with Crippen molar-refractivity contribution in [3.8, 4) is 0 Å². The minimum Gasteiger partial charge on any atom is -0.462 e. The quantitative estimate of drug-likeness (QED) is 0.831. The third kappa shape index (κ3) is 4.17. The summed E-state index contributed by atoms with van der Waals surface area (Å²) in [5.74, 6) is -0.0859. The predicted molar refractivity (Wildman–Crippen MR) is 98.6 cm³/mol. The number of carbonyl (C=O) groups is 2. The highest BCUT2D eigenvalue weighted by Gasteiger charge is 2.18. The lowest BCUT2D eigenvalue weighted by Crippen LogP contribution is -2.23. The van der Waals surface area contributed by atoms with Crippen molar-refractivity contribution in [2.45, 2.75) is 26.7 Å². The summed E-state index contributed by atoms with van der Waals surface area (Å²) in [6, 6.07) is 8.24. The fourth-order valence-corrected chi connectivity index (χ4v) is 2.83. The Morgan fingerprint density at radius 2 is 1.85 bits per heavy atom. The van der Waals surface area contributed by atoms with Gasteiger partial charge in [-0.2, -0.15) is 0 Å². The number of ether oxygens (including phenoxy) is 1. The molecule has 0 aliphatic carbocycles. The van der Waals surface area contributed by atoms with Crippen LogP contribution in [0.5, 0.6) is 0 Å². The monoisotopic (exact) mass is 354 g/mol. The van der Waals surface area contributed by atoms with E-state index in [2.05, 4.69) is 20.2 Å². The first-order chi connectivity index (χ1) is 12.6. The number of rotatable bonds is 5.